The molecule has 3 aliphatic carbocycles. The Morgan fingerprint density at radius 2 is 1.98 bits per heavy atom. The van der Waals surface area contributed by atoms with E-state index in [0.717, 1.165) is 25.7 Å². The number of Topliss-reactive ketones (excluding diaryl/α,β-unsaturated/α-hetero) is 1. The zero-order chi connectivity index (χ0) is 29.0. The van der Waals surface area contributed by atoms with Crippen LogP contribution >= 0.6 is 11.8 Å². The Balaban J connectivity index is 1.46. The number of methoxy groups -OCH3 is 1. The Hall–Kier alpha value is -1.62. The minimum Gasteiger partial charge on any atom is -0.479 e. The maximum atomic E-state index is 15.0. The van der Waals surface area contributed by atoms with E-state index in [1.165, 1.54) is 6.07 Å². The van der Waals surface area contributed by atoms with Crippen LogP contribution in [0.2, 0.25) is 0 Å². The maximum Gasteiger partial charge on any atom is 0.494 e. The third kappa shape index (κ3) is 4.52. The van der Waals surface area contributed by atoms with Crippen molar-refractivity contribution in [1.82, 2.24) is 0 Å². The van der Waals surface area contributed by atoms with Crippen LogP contribution in [-0.2, 0) is 30.3 Å². The highest BCUT2D eigenvalue weighted by Gasteiger charge is 2.68. The van der Waals surface area contributed by atoms with Gasteiger partial charge in [-0.3, -0.25) is 4.79 Å². The summed E-state index contributed by atoms with van der Waals surface area (Å²) in [5.74, 6) is -0.381. The van der Waals surface area contributed by atoms with E-state index in [4.69, 9.17) is 18.9 Å². The van der Waals surface area contributed by atoms with Gasteiger partial charge in [0.05, 0.1) is 12.7 Å². The van der Waals surface area contributed by atoms with Gasteiger partial charge in [0.2, 0.25) is 0 Å². The molecular formula is C30H42BFO7S. The zero-order valence-corrected chi connectivity index (χ0v) is 25.3. The molecule has 0 aromatic heterocycles. The first-order chi connectivity index (χ1) is 18.9. The summed E-state index contributed by atoms with van der Waals surface area (Å²) in [7, 11) is 0.390. The molecule has 1 heterocycles. The molecule has 3 fully saturated rings. The molecule has 220 valence electrons. The fourth-order valence-electron chi connectivity index (χ4n) is 8.81. The number of carbonyl (C=O) groups excluding carboxylic acids is 2. The van der Waals surface area contributed by atoms with Crippen LogP contribution in [0.25, 0.3) is 0 Å². The van der Waals surface area contributed by atoms with Crippen LogP contribution in [0.1, 0.15) is 65.4 Å². The normalized spacial score (nSPS) is 38.9. The van der Waals surface area contributed by atoms with E-state index in [1.807, 2.05) is 13.2 Å². The lowest BCUT2D eigenvalue weighted by atomic mass is 9.44. The van der Waals surface area contributed by atoms with Gasteiger partial charge in [-0.15, -0.1) is 0 Å². The van der Waals surface area contributed by atoms with Gasteiger partial charge in [-0.25, -0.2) is 9.18 Å². The number of halogens is 1. The summed E-state index contributed by atoms with van der Waals surface area (Å²) in [6, 6.07) is 3.06. The minimum absolute atomic E-state index is 0.0143. The number of thioether (sulfide) groups is 1. The number of fused-ring (bicyclic) bond motifs is 1. The number of carbonyl (C=O) groups is 2. The van der Waals surface area contributed by atoms with Gasteiger partial charge in [0.15, 0.2) is 18.2 Å². The quantitative estimate of drug-likeness (QED) is 0.383. The number of ketones is 1. The molecule has 1 N–H and O–H groups in total. The first-order valence-electron chi connectivity index (χ1n) is 14.4. The monoisotopic (exact) mass is 576 g/mol. The van der Waals surface area contributed by atoms with Crippen molar-refractivity contribution in [3.8, 4) is 5.75 Å². The summed E-state index contributed by atoms with van der Waals surface area (Å²) in [4.78, 5) is 27.6. The van der Waals surface area contributed by atoms with E-state index in [1.54, 1.807) is 24.9 Å². The first-order valence-corrected chi connectivity index (χ1v) is 15.8. The lowest BCUT2D eigenvalue weighted by Gasteiger charge is -2.61. The summed E-state index contributed by atoms with van der Waals surface area (Å²) >= 11 is 1.64. The number of esters is 1. The predicted octanol–water partition coefficient (Wildman–Crippen LogP) is 4.16. The maximum absolute atomic E-state index is 15.0. The highest BCUT2D eigenvalue weighted by Crippen LogP contribution is 2.68. The highest BCUT2D eigenvalue weighted by atomic mass is 32.2. The van der Waals surface area contributed by atoms with E-state index >= 15 is 4.39 Å². The average Bonchev–Trinajstić information content (AvgIpc) is 3.51. The molecule has 0 saturated heterocycles. The van der Waals surface area contributed by atoms with Gasteiger partial charge < -0.3 is 23.9 Å². The van der Waals surface area contributed by atoms with Gasteiger partial charge in [-0.1, -0.05) is 33.8 Å². The van der Waals surface area contributed by atoms with Crippen LogP contribution in [0.3, 0.4) is 0 Å². The lowest BCUT2D eigenvalue weighted by Crippen LogP contribution is -2.63. The van der Waals surface area contributed by atoms with Crippen LogP contribution in [0.5, 0.6) is 5.75 Å². The van der Waals surface area contributed by atoms with Gasteiger partial charge in [0.1, 0.15) is 11.9 Å². The number of hydrogen-bond acceptors (Lipinski definition) is 8. The molecule has 1 aromatic rings. The second-order valence-electron chi connectivity index (χ2n) is 13.0. The molecule has 1 aromatic carbocycles. The Kier molecular flexibility index (Phi) is 8.14. The highest BCUT2D eigenvalue weighted by molar-refractivity contribution is 7.98. The number of rotatable bonds is 7. The van der Waals surface area contributed by atoms with Crippen LogP contribution in [0.15, 0.2) is 12.1 Å². The van der Waals surface area contributed by atoms with Gasteiger partial charge >= 0.3 is 13.1 Å². The van der Waals surface area contributed by atoms with Gasteiger partial charge in [0, 0.05) is 41.0 Å². The minimum atomic E-state index is -1.36. The third-order valence-electron chi connectivity index (χ3n) is 11.1. The van der Waals surface area contributed by atoms with Crippen molar-refractivity contribution in [2.45, 2.75) is 78.6 Å². The summed E-state index contributed by atoms with van der Waals surface area (Å²) in [5, 5.41) is 9.97. The van der Waals surface area contributed by atoms with Crippen molar-refractivity contribution in [3.63, 3.8) is 0 Å². The fourth-order valence-corrected chi connectivity index (χ4v) is 9.71. The third-order valence-corrected chi connectivity index (χ3v) is 12.0. The topological polar surface area (TPSA) is 91.3 Å². The molecule has 40 heavy (non-hydrogen) atoms. The molecule has 0 amide bonds. The Morgan fingerprint density at radius 3 is 2.67 bits per heavy atom. The standard InChI is InChI=1S/C30H42BFO7S/c1-17-9-11-30-12-10-21(36-5)26(30)29(17,4)22(13-28(3,16-40-6)27(34)18(30)2)39-23(33)15-37-20-8-7-19-14-38-31(35)24(19)25(20)32/h7-8,17-18,21-22,26,35H,9-16H2,1-6H3/t17-,18+,21-,22-,26-,28+,29+,30+/m1/s1. The molecule has 4 aliphatic rings. The van der Waals surface area contributed by atoms with E-state index < -0.39 is 42.4 Å². The summed E-state index contributed by atoms with van der Waals surface area (Å²) in [6.45, 7) is 8.24. The van der Waals surface area contributed by atoms with Crippen molar-refractivity contribution < 1.29 is 37.9 Å². The van der Waals surface area contributed by atoms with Crippen molar-refractivity contribution in [1.29, 1.82) is 0 Å². The van der Waals surface area contributed by atoms with Crippen molar-refractivity contribution >= 4 is 36.1 Å². The van der Waals surface area contributed by atoms with E-state index in [0.29, 0.717) is 17.7 Å². The second-order valence-corrected chi connectivity index (χ2v) is 13.9. The van der Waals surface area contributed by atoms with Crippen molar-refractivity contribution in [3.05, 3.63) is 23.5 Å². The van der Waals surface area contributed by atoms with Crippen molar-refractivity contribution in [2.24, 2.45) is 34.0 Å². The van der Waals surface area contributed by atoms with Crippen LogP contribution in [0, 0.1) is 39.8 Å². The lowest BCUT2D eigenvalue weighted by molar-refractivity contribution is -0.206. The Bertz CT molecular complexity index is 1170. The Morgan fingerprint density at radius 1 is 1.25 bits per heavy atom. The van der Waals surface area contributed by atoms with E-state index in [2.05, 4.69) is 20.8 Å². The SMILES string of the molecule is CO[C@@H]1CC[C@@]23CC[C@@H](C)[C@@](C)([C@H](OC(=O)COc4ccc5c(c4F)B(O)OC5)C[C@@](C)(CSC)C(=O)[C@@H]2C)[C@@H]13. The molecule has 7 nitrogen and oxygen atoms in total. The van der Waals surface area contributed by atoms with Crippen LogP contribution in [0.4, 0.5) is 4.39 Å². The summed E-state index contributed by atoms with van der Waals surface area (Å²) < 4.78 is 38.1. The number of ether oxygens (including phenoxy) is 3. The largest absolute Gasteiger partial charge is 0.494 e. The van der Waals surface area contributed by atoms with E-state index in [9.17, 15) is 14.6 Å². The number of hydrogen-bond donors (Lipinski definition) is 1. The van der Waals surface area contributed by atoms with Gasteiger partial charge in [0.25, 0.3) is 0 Å². The van der Waals surface area contributed by atoms with Crippen LogP contribution < -0.4 is 10.2 Å². The number of benzene rings is 1. The van der Waals surface area contributed by atoms with Gasteiger partial charge in [-0.2, -0.15) is 11.8 Å². The molecule has 10 heteroatoms. The van der Waals surface area contributed by atoms with Gasteiger partial charge in [-0.05, 0) is 61.3 Å². The summed E-state index contributed by atoms with van der Waals surface area (Å²) in [5.41, 5.74) is -0.683. The summed E-state index contributed by atoms with van der Waals surface area (Å²) in [6.07, 6.45) is 5.61. The molecule has 1 aliphatic heterocycles. The molecular weight excluding hydrogens is 534 g/mol. The first kappa shape index (κ1) is 29.9. The molecule has 2 bridgehead atoms. The second kappa shape index (κ2) is 10.9. The molecule has 0 spiro atoms. The smallest absolute Gasteiger partial charge is 0.479 e. The molecule has 5 rings (SSSR count). The van der Waals surface area contributed by atoms with Crippen molar-refractivity contribution in [2.75, 3.05) is 25.7 Å². The molecule has 8 atom stereocenters. The Labute approximate surface area is 241 Å². The predicted molar refractivity (Wildman–Crippen MR) is 152 cm³/mol. The van der Waals surface area contributed by atoms with E-state index in [-0.39, 0.29) is 52.9 Å². The average molecular weight is 577 g/mol. The molecule has 0 unspecified atom stereocenters. The molecule has 3 saturated carbocycles. The molecule has 0 radical (unpaired) electrons. The van der Waals surface area contributed by atoms with Crippen LogP contribution in [-0.4, -0.2) is 61.8 Å². The zero-order valence-electron chi connectivity index (χ0n) is 24.5. The fraction of sp³-hybridized carbons (Fsp3) is 0.733.